The molecule has 1 heterocycles. The molecule has 0 aliphatic heterocycles. The third-order valence-corrected chi connectivity index (χ3v) is 2.44. The molecule has 1 rings (SSSR count). The molecule has 0 bridgehead atoms. The Balaban J connectivity index is 2.27. The SMILES string of the molecule is CN(Cc1ccco1)C(=O)CCCCCl. The summed E-state index contributed by atoms with van der Waals surface area (Å²) in [5.41, 5.74) is 0. The molecule has 0 aromatic carbocycles. The van der Waals surface area contributed by atoms with Crippen molar-refractivity contribution in [3.8, 4) is 0 Å². The minimum atomic E-state index is 0.136. The summed E-state index contributed by atoms with van der Waals surface area (Å²) in [5, 5.41) is 0. The van der Waals surface area contributed by atoms with Gasteiger partial charge in [-0.2, -0.15) is 0 Å². The van der Waals surface area contributed by atoms with E-state index >= 15 is 0 Å². The fraction of sp³-hybridized carbons (Fsp3) is 0.545. The lowest BCUT2D eigenvalue weighted by atomic mass is 10.2. The molecule has 0 spiro atoms. The molecule has 84 valence electrons. The maximum Gasteiger partial charge on any atom is 0.222 e. The average molecular weight is 230 g/mol. The van der Waals surface area contributed by atoms with Gasteiger partial charge in [-0.15, -0.1) is 11.6 Å². The van der Waals surface area contributed by atoms with Crippen molar-refractivity contribution in [2.75, 3.05) is 12.9 Å². The summed E-state index contributed by atoms with van der Waals surface area (Å²) in [7, 11) is 1.78. The van der Waals surface area contributed by atoms with E-state index in [0.29, 0.717) is 18.8 Å². The molecule has 1 aromatic heterocycles. The Labute approximate surface area is 95.0 Å². The van der Waals surface area contributed by atoms with Crippen LogP contribution in [0.3, 0.4) is 0 Å². The number of alkyl halides is 1. The van der Waals surface area contributed by atoms with Gasteiger partial charge in [-0.05, 0) is 25.0 Å². The molecule has 4 heteroatoms. The van der Waals surface area contributed by atoms with Gasteiger partial charge in [0.25, 0.3) is 0 Å². The van der Waals surface area contributed by atoms with Gasteiger partial charge in [-0.25, -0.2) is 0 Å². The van der Waals surface area contributed by atoms with Crippen LogP contribution in [0.4, 0.5) is 0 Å². The zero-order chi connectivity index (χ0) is 11.1. The Hall–Kier alpha value is -0.960. The highest BCUT2D eigenvalue weighted by Crippen LogP contribution is 2.06. The number of carbonyl (C=O) groups is 1. The van der Waals surface area contributed by atoms with Gasteiger partial charge in [0.2, 0.25) is 5.91 Å². The molecule has 0 aliphatic rings. The highest BCUT2D eigenvalue weighted by molar-refractivity contribution is 6.17. The summed E-state index contributed by atoms with van der Waals surface area (Å²) in [6.07, 6.45) is 3.91. The number of amides is 1. The van der Waals surface area contributed by atoms with Crippen LogP contribution in [-0.2, 0) is 11.3 Å². The summed E-state index contributed by atoms with van der Waals surface area (Å²) in [4.78, 5) is 13.3. The first-order chi connectivity index (χ1) is 7.24. The quantitative estimate of drug-likeness (QED) is 0.555. The normalized spacial score (nSPS) is 10.3. The molecular weight excluding hydrogens is 214 g/mol. The third-order valence-electron chi connectivity index (χ3n) is 2.17. The molecule has 3 nitrogen and oxygen atoms in total. The zero-order valence-corrected chi connectivity index (χ0v) is 9.67. The first-order valence-corrected chi connectivity index (χ1v) is 5.60. The van der Waals surface area contributed by atoms with Crippen LogP contribution in [0.1, 0.15) is 25.0 Å². The fourth-order valence-electron chi connectivity index (χ4n) is 1.29. The van der Waals surface area contributed by atoms with Crippen LogP contribution < -0.4 is 0 Å². The van der Waals surface area contributed by atoms with Gasteiger partial charge in [0.15, 0.2) is 0 Å². The van der Waals surface area contributed by atoms with Crippen molar-refractivity contribution in [2.45, 2.75) is 25.8 Å². The summed E-state index contributed by atoms with van der Waals surface area (Å²) in [6.45, 7) is 0.534. The summed E-state index contributed by atoms with van der Waals surface area (Å²) >= 11 is 5.54. The van der Waals surface area contributed by atoms with E-state index in [9.17, 15) is 4.79 Å². The van der Waals surface area contributed by atoms with Gasteiger partial charge in [0.1, 0.15) is 5.76 Å². The van der Waals surface area contributed by atoms with E-state index in [1.165, 1.54) is 0 Å². The average Bonchev–Trinajstić information content (AvgIpc) is 2.70. The number of unbranched alkanes of at least 4 members (excludes halogenated alkanes) is 1. The number of nitrogens with zero attached hydrogens (tertiary/aromatic N) is 1. The maximum atomic E-state index is 11.6. The predicted octanol–water partition coefficient (Wildman–Crippen LogP) is 2.65. The van der Waals surface area contributed by atoms with Crippen LogP contribution in [0, 0.1) is 0 Å². The number of carbonyl (C=O) groups excluding carboxylic acids is 1. The molecule has 1 amide bonds. The topological polar surface area (TPSA) is 33.5 Å². The van der Waals surface area contributed by atoms with Crippen molar-refractivity contribution < 1.29 is 9.21 Å². The molecular formula is C11H16ClNO2. The van der Waals surface area contributed by atoms with Crippen LogP contribution >= 0.6 is 11.6 Å². The van der Waals surface area contributed by atoms with Crippen molar-refractivity contribution in [1.29, 1.82) is 0 Å². The van der Waals surface area contributed by atoms with E-state index in [-0.39, 0.29) is 5.91 Å². The lowest BCUT2D eigenvalue weighted by molar-refractivity contribution is -0.130. The second kappa shape index (κ2) is 6.51. The molecule has 0 aliphatic carbocycles. The molecule has 15 heavy (non-hydrogen) atoms. The van der Waals surface area contributed by atoms with Crippen molar-refractivity contribution in [1.82, 2.24) is 4.90 Å². The summed E-state index contributed by atoms with van der Waals surface area (Å²) < 4.78 is 5.16. The maximum absolute atomic E-state index is 11.6. The zero-order valence-electron chi connectivity index (χ0n) is 8.91. The van der Waals surface area contributed by atoms with Crippen LogP contribution in [0.25, 0.3) is 0 Å². The standard InChI is InChI=1S/C11H16ClNO2/c1-13(9-10-5-4-8-15-10)11(14)6-2-3-7-12/h4-5,8H,2-3,6-7,9H2,1H3. The molecule has 0 radical (unpaired) electrons. The van der Waals surface area contributed by atoms with Gasteiger partial charge in [0, 0.05) is 19.3 Å². The second-order valence-corrected chi connectivity index (χ2v) is 3.85. The highest BCUT2D eigenvalue weighted by Gasteiger charge is 2.09. The van der Waals surface area contributed by atoms with Crippen molar-refractivity contribution in [3.05, 3.63) is 24.2 Å². The predicted molar refractivity (Wildman–Crippen MR) is 59.8 cm³/mol. The Morgan fingerprint density at radius 1 is 1.53 bits per heavy atom. The lowest BCUT2D eigenvalue weighted by Gasteiger charge is -2.15. The van der Waals surface area contributed by atoms with E-state index in [4.69, 9.17) is 16.0 Å². The monoisotopic (exact) mass is 229 g/mol. The number of halogens is 1. The van der Waals surface area contributed by atoms with E-state index in [1.807, 2.05) is 12.1 Å². The molecule has 0 saturated heterocycles. The van der Waals surface area contributed by atoms with Gasteiger partial charge in [0.05, 0.1) is 12.8 Å². The van der Waals surface area contributed by atoms with Crippen molar-refractivity contribution in [3.63, 3.8) is 0 Å². The number of hydrogen-bond acceptors (Lipinski definition) is 2. The minimum Gasteiger partial charge on any atom is -0.467 e. The first-order valence-electron chi connectivity index (χ1n) is 5.06. The first kappa shape index (κ1) is 12.1. The van der Waals surface area contributed by atoms with Gasteiger partial charge < -0.3 is 9.32 Å². The smallest absolute Gasteiger partial charge is 0.222 e. The largest absolute Gasteiger partial charge is 0.467 e. The van der Waals surface area contributed by atoms with Crippen LogP contribution in [0.2, 0.25) is 0 Å². The van der Waals surface area contributed by atoms with E-state index in [2.05, 4.69) is 0 Å². The molecule has 0 saturated carbocycles. The Morgan fingerprint density at radius 3 is 2.93 bits per heavy atom. The van der Waals surface area contributed by atoms with Crippen molar-refractivity contribution in [2.24, 2.45) is 0 Å². The third kappa shape index (κ3) is 4.38. The molecule has 0 fully saturated rings. The van der Waals surface area contributed by atoms with E-state index in [1.54, 1.807) is 18.2 Å². The van der Waals surface area contributed by atoms with Crippen LogP contribution in [0.5, 0.6) is 0 Å². The van der Waals surface area contributed by atoms with Crippen molar-refractivity contribution >= 4 is 17.5 Å². The van der Waals surface area contributed by atoms with Gasteiger partial charge >= 0.3 is 0 Å². The number of rotatable bonds is 6. The van der Waals surface area contributed by atoms with E-state index < -0.39 is 0 Å². The molecule has 0 atom stereocenters. The minimum absolute atomic E-state index is 0.136. The Kier molecular flexibility index (Phi) is 5.26. The summed E-state index contributed by atoms with van der Waals surface area (Å²) in [5.74, 6) is 1.56. The van der Waals surface area contributed by atoms with Gasteiger partial charge in [-0.3, -0.25) is 4.79 Å². The summed E-state index contributed by atoms with van der Waals surface area (Å²) in [6, 6.07) is 3.68. The Morgan fingerprint density at radius 2 is 2.33 bits per heavy atom. The van der Waals surface area contributed by atoms with Crippen LogP contribution in [0.15, 0.2) is 22.8 Å². The molecule has 1 aromatic rings. The lowest BCUT2D eigenvalue weighted by Crippen LogP contribution is -2.25. The molecule has 0 unspecified atom stereocenters. The molecule has 0 N–H and O–H groups in total. The van der Waals surface area contributed by atoms with Gasteiger partial charge in [-0.1, -0.05) is 0 Å². The highest BCUT2D eigenvalue weighted by atomic mass is 35.5. The Bertz CT molecular complexity index is 285. The van der Waals surface area contributed by atoms with Crippen LogP contribution in [-0.4, -0.2) is 23.7 Å². The number of furan rings is 1. The fourth-order valence-corrected chi connectivity index (χ4v) is 1.48. The second-order valence-electron chi connectivity index (χ2n) is 3.48. The number of hydrogen-bond donors (Lipinski definition) is 0. The van der Waals surface area contributed by atoms with E-state index in [0.717, 1.165) is 18.6 Å².